The minimum absolute atomic E-state index is 0.869. The lowest BCUT2D eigenvalue weighted by molar-refractivity contribution is 0.687. The first-order valence-electron chi connectivity index (χ1n) is 7.14. The van der Waals surface area contributed by atoms with E-state index in [0.29, 0.717) is 0 Å². The number of fused-ring (bicyclic) bond motifs is 1. The van der Waals surface area contributed by atoms with E-state index in [1.807, 2.05) is 24.3 Å². The van der Waals surface area contributed by atoms with Crippen molar-refractivity contribution >= 4 is 28.0 Å². The smallest absolute Gasteiger partial charge is 0.0498 e. The van der Waals surface area contributed by atoms with E-state index in [-0.39, 0.29) is 0 Å². The average Bonchev–Trinajstić information content (AvgIpc) is 2.86. The van der Waals surface area contributed by atoms with Crippen molar-refractivity contribution in [1.82, 2.24) is 0 Å². The summed E-state index contributed by atoms with van der Waals surface area (Å²) in [4.78, 5) is 0.869. The third-order valence-electron chi connectivity index (χ3n) is 3.83. The third kappa shape index (κ3) is 2.77. The molecule has 1 atom stereocenters. The zero-order chi connectivity index (χ0) is 14.8. The highest BCUT2D eigenvalue weighted by molar-refractivity contribution is 7.84. The molecule has 0 heterocycles. The predicted molar refractivity (Wildman–Crippen MR) is 91.4 cm³/mol. The Kier molecular flexibility index (Phi) is 3.89. The summed E-state index contributed by atoms with van der Waals surface area (Å²) in [5, 5.41) is 0. The SMILES string of the molecule is CCC1=C/C(=C/c2ccc(S(C)=O)cc2)c2ccccc21. The normalized spacial score (nSPS) is 16.7. The second-order valence-corrected chi connectivity index (χ2v) is 6.57. The van der Waals surface area contributed by atoms with E-state index < -0.39 is 10.8 Å². The molecule has 21 heavy (non-hydrogen) atoms. The summed E-state index contributed by atoms with van der Waals surface area (Å²) < 4.78 is 11.4. The standard InChI is InChI=1S/C19H18OS/c1-3-15-13-16(19-7-5-4-6-18(15)19)12-14-8-10-17(11-9-14)21(2)20/h4-13H,3H2,1-2H3/b16-12-. The molecule has 0 N–H and O–H groups in total. The van der Waals surface area contributed by atoms with E-state index >= 15 is 0 Å². The van der Waals surface area contributed by atoms with Crippen LogP contribution in [-0.2, 0) is 10.8 Å². The van der Waals surface area contributed by atoms with Crippen molar-refractivity contribution in [3.8, 4) is 0 Å². The van der Waals surface area contributed by atoms with Gasteiger partial charge in [-0.05, 0) is 52.5 Å². The van der Waals surface area contributed by atoms with Crippen LogP contribution in [0.25, 0.3) is 17.2 Å². The van der Waals surface area contributed by atoms with Gasteiger partial charge in [0.25, 0.3) is 0 Å². The molecule has 0 bridgehead atoms. The Morgan fingerprint density at radius 3 is 2.29 bits per heavy atom. The molecule has 106 valence electrons. The van der Waals surface area contributed by atoms with Gasteiger partial charge in [0.05, 0.1) is 0 Å². The van der Waals surface area contributed by atoms with Crippen LogP contribution in [0.1, 0.15) is 30.0 Å². The van der Waals surface area contributed by atoms with Gasteiger partial charge in [-0.15, -0.1) is 0 Å². The van der Waals surface area contributed by atoms with E-state index in [9.17, 15) is 4.21 Å². The van der Waals surface area contributed by atoms with Crippen LogP contribution in [0.3, 0.4) is 0 Å². The molecule has 2 heteroatoms. The zero-order valence-electron chi connectivity index (χ0n) is 12.3. The first-order valence-corrected chi connectivity index (χ1v) is 8.70. The summed E-state index contributed by atoms with van der Waals surface area (Å²) in [5.41, 5.74) is 6.44. The fraction of sp³-hybridized carbons (Fsp3) is 0.158. The molecule has 0 radical (unpaired) electrons. The van der Waals surface area contributed by atoms with Crippen molar-refractivity contribution in [2.45, 2.75) is 18.2 Å². The van der Waals surface area contributed by atoms with Gasteiger partial charge in [0.1, 0.15) is 0 Å². The molecule has 0 aliphatic heterocycles. The predicted octanol–water partition coefficient (Wildman–Crippen LogP) is 4.77. The van der Waals surface area contributed by atoms with Crippen molar-refractivity contribution < 1.29 is 4.21 Å². The van der Waals surface area contributed by atoms with Crippen molar-refractivity contribution in [3.05, 3.63) is 71.3 Å². The van der Waals surface area contributed by atoms with Crippen LogP contribution >= 0.6 is 0 Å². The number of allylic oxidation sites excluding steroid dienone is 3. The van der Waals surface area contributed by atoms with Gasteiger partial charge in [-0.1, -0.05) is 49.4 Å². The lowest BCUT2D eigenvalue weighted by atomic mass is 10.0. The van der Waals surface area contributed by atoms with Gasteiger partial charge in [-0.2, -0.15) is 0 Å². The Balaban J connectivity index is 2.00. The molecule has 2 aromatic rings. The summed E-state index contributed by atoms with van der Waals surface area (Å²) in [6.07, 6.45) is 7.22. The fourth-order valence-electron chi connectivity index (χ4n) is 2.71. The molecule has 1 nitrogen and oxygen atoms in total. The van der Waals surface area contributed by atoms with Crippen LogP contribution in [0, 0.1) is 0 Å². The first kappa shape index (κ1) is 14.0. The van der Waals surface area contributed by atoms with Crippen molar-refractivity contribution in [2.24, 2.45) is 0 Å². The molecule has 3 rings (SSSR count). The van der Waals surface area contributed by atoms with Crippen LogP contribution in [0.5, 0.6) is 0 Å². The highest BCUT2D eigenvalue weighted by atomic mass is 32.2. The highest BCUT2D eigenvalue weighted by Crippen LogP contribution is 2.37. The molecule has 0 spiro atoms. The van der Waals surface area contributed by atoms with E-state index in [1.54, 1.807) is 6.26 Å². The molecule has 1 aliphatic carbocycles. The van der Waals surface area contributed by atoms with E-state index in [2.05, 4.69) is 43.3 Å². The number of rotatable bonds is 3. The van der Waals surface area contributed by atoms with Gasteiger partial charge in [0.2, 0.25) is 0 Å². The maximum Gasteiger partial charge on any atom is 0.0498 e. The van der Waals surface area contributed by atoms with Gasteiger partial charge >= 0.3 is 0 Å². The Morgan fingerprint density at radius 1 is 1.00 bits per heavy atom. The summed E-state index contributed by atoms with van der Waals surface area (Å²) in [5.74, 6) is 0. The van der Waals surface area contributed by atoms with Gasteiger partial charge in [0.15, 0.2) is 0 Å². The molecular formula is C19H18OS. The van der Waals surface area contributed by atoms with Crippen LogP contribution in [0.2, 0.25) is 0 Å². The third-order valence-corrected chi connectivity index (χ3v) is 4.76. The largest absolute Gasteiger partial charge is 0.255 e. The van der Waals surface area contributed by atoms with Gasteiger partial charge in [-0.3, -0.25) is 4.21 Å². The first-order chi connectivity index (χ1) is 10.2. The summed E-state index contributed by atoms with van der Waals surface area (Å²) in [6.45, 7) is 2.19. The second kappa shape index (κ2) is 5.82. The van der Waals surface area contributed by atoms with Gasteiger partial charge in [-0.25, -0.2) is 0 Å². The Hall–Kier alpha value is -1.93. The topological polar surface area (TPSA) is 17.1 Å². The summed E-state index contributed by atoms with van der Waals surface area (Å²) >= 11 is 0. The maximum atomic E-state index is 11.4. The minimum atomic E-state index is -0.917. The van der Waals surface area contributed by atoms with Gasteiger partial charge in [0, 0.05) is 22.0 Å². The monoisotopic (exact) mass is 294 g/mol. The van der Waals surface area contributed by atoms with E-state index in [1.165, 1.54) is 22.3 Å². The molecule has 0 aromatic heterocycles. The van der Waals surface area contributed by atoms with Crippen molar-refractivity contribution in [1.29, 1.82) is 0 Å². The maximum absolute atomic E-state index is 11.4. The van der Waals surface area contributed by atoms with Crippen LogP contribution in [-0.4, -0.2) is 10.5 Å². The molecule has 0 saturated carbocycles. The second-order valence-electron chi connectivity index (χ2n) is 5.19. The lowest BCUT2D eigenvalue weighted by Crippen LogP contribution is -1.86. The molecule has 0 fully saturated rings. The molecule has 0 saturated heterocycles. The van der Waals surface area contributed by atoms with Crippen LogP contribution in [0.4, 0.5) is 0 Å². The number of hydrogen-bond acceptors (Lipinski definition) is 1. The highest BCUT2D eigenvalue weighted by Gasteiger charge is 2.15. The molecule has 0 amide bonds. The Morgan fingerprint density at radius 2 is 1.67 bits per heavy atom. The minimum Gasteiger partial charge on any atom is -0.255 e. The molecule has 1 unspecified atom stereocenters. The summed E-state index contributed by atoms with van der Waals surface area (Å²) in [7, 11) is -0.917. The van der Waals surface area contributed by atoms with E-state index in [0.717, 1.165) is 16.9 Å². The number of hydrogen-bond donors (Lipinski definition) is 0. The van der Waals surface area contributed by atoms with Crippen LogP contribution in [0.15, 0.2) is 59.5 Å². The fourth-order valence-corrected chi connectivity index (χ4v) is 3.22. The summed E-state index contributed by atoms with van der Waals surface area (Å²) in [6, 6.07) is 16.5. The van der Waals surface area contributed by atoms with Crippen molar-refractivity contribution in [3.63, 3.8) is 0 Å². The van der Waals surface area contributed by atoms with E-state index in [4.69, 9.17) is 0 Å². The molecule has 1 aliphatic rings. The Bertz CT molecular complexity index is 751. The quantitative estimate of drug-likeness (QED) is 0.797. The van der Waals surface area contributed by atoms with Gasteiger partial charge < -0.3 is 0 Å². The molecule has 2 aromatic carbocycles. The lowest BCUT2D eigenvalue weighted by Gasteiger charge is -2.03. The van der Waals surface area contributed by atoms with Crippen molar-refractivity contribution in [2.75, 3.05) is 6.26 Å². The molecular weight excluding hydrogens is 276 g/mol. The zero-order valence-corrected chi connectivity index (χ0v) is 13.1. The average molecular weight is 294 g/mol. The van der Waals surface area contributed by atoms with Crippen LogP contribution < -0.4 is 0 Å². The Labute approximate surface area is 128 Å². The number of benzene rings is 2.